The number of hydrogen-bond donors (Lipinski definition) is 1. The van der Waals surface area contributed by atoms with Crippen LogP contribution in [-0.2, 0) is 16.0 Å². The number of carbonyl (C=O) groups is 2. The van der Waals surface area contributed by atoms with E-state index in [9.17, 15) is 14.7 Å². The Balaban J connectivity index is 1.53. The van der Waals surface area contributed by atoms with E-state index in [1.54, 1.807) is 13.3 Å². The number of piperidine rings is 1. The van der Waals surface area contributed by atoms with Crippen LogP contribution in [0.3, 0.4) is 0 Å². The fourth-order valence-electron chi connectivity index (χ4n) is 5.58. The van der Waals surface area contributed by atoms with Gasteiger partial charge in [-0.3, -0.25) is 9.47 Å². The number of carbonyl (C=O) groups excluding carboxylic acids is 1. The van der Waals surface area contributed by atoms with Gasteiger partial charge >= 0.3 is 12.1 Å². The summed E-state index contributed by atoms with van der Waals surface area (Å²) < 4.78 is 17.5. The summed E-state index contributed by atoms with van der Waals surface area (Å²) >= 11 is 0. The Kier molecular flexibility index (Phi) is 6.02. The van der Waals surface area contributed by atoms with E-state index in [1.165, 1.54) is 11.7 Å². The van der Waals surface area contributed by atoms with E-state index in [0.29, 0.717) is 17.6 Å². The summed E-state index contributed by atoms with van der Waals surface area (Å²) in [5.41, 5.74) is 4.36. The van der Waals surface area contributed by atoms with E-state index in [0.717, 1.165) is 60.4 Å². The van der Waals surface area contributed by atoms with Gasteiger partial charge in [0.15, 0.2) is 0 Å². The Bertz CT molecular complexity index is 1280. The van der Waals surface area contributed by atoms with Gasteiger partial charge in [-0.05, 0) is 61.7 Å². The van der Waals surface area contributed by atoms with Crippen molar-refractivity contribution >= 4 is 23.0 Å². The maximum absolute atomic E-state index is 11.9. The average Bonchev–Trinajstić information content (AvgIpc) is 3.31. The van der Waals surface area contributed by atoms with Crippen molar-refractivity contribution in [2.24, 2.45) is 5.41 Å². The van der Waals surface area contributed by atoms with Gasteiger partial charge in [-0.25, -0.2) is 9.59 Å². The van der Waals surface area contributed by atoms with Gasteiger partial charge in [0, 0.05) is 35.1 Å². The zero-order valence-electron chi connectivity index (χ0n) is 20.2. The predicted octanol–water partition coefficient (Wildman–Crippen LogP) is 4.62. The zero-order chi connectivity index (χ0) is 24.7. The first-order valence-corrected chi connectivity index (χ1v) is 11.8. The Labute approximate surface area is 204 Å². The lowest BCUT2D eigenvalue weighted by molar-refractivity contribution is -0.153. The van der Waals surface area contributed by atoms with Gasteiger partial charge in [-0.2, -0.15) is 0 Å². The van der Waals surface area contributed by atoms with Crippen molar-refractivity contribution in [3.8, 4) is 5.75 Å². The molecule has 2 fully saturated rings. The van der Waals surface area contributed by atoms with E-state index in [2.05, 4.69) is 4.90 Å². The van der Waals surface area contributed by atoms with Gasteiger partial charge in [-0.15, -0.1) is 0 Å². The van der Waals surface area contributed by atoms with E-state index < -0.39 is 6.09 Å². The van der Waals surface area contributed by atoms with Crippen LogP contribution in [0.2, 0.25) is 0 Å². The second-order valence-corrected chi connectivity index (χ2v) is 9.65. The van der Waals surface area contributed by atoms with Crippen LogP contribution in [0.4, 0.5) is 4.79 Å². The van der Waals surface area contributed by atoms with Gasteiger partial charge in [0.25, 0.3) is 0 Å². The number of carboxylic acid groups (broad SMARTS) is 1. The van der Waals surface area contributed by atoms with E-state index in [-0.39, 0.29) is 17.4 Å². The molecular formula is C27H30N2O6. The van der Waals surface area contributed by atoms with E-state index >= 15 is 0 Å². The minimum Gasteiger partial charge on any atom is -0.496 e. The van der Waals surface area contributed by atoms with Crippen LogP contribution in [0, 0.1) is 12.3 Å². The lowest BCUT2D eigenvalue weighted by Gasteiger charge is -2.51. The lowest BCUT2D eigenvalue weighted by Crippen LogP contribution is -2.51. The maximum atomic E-state index is 11.9. The molecule has 0 amide bonds. The van der Waals surface area contributed by atoms with Crippen molar-refractivity contribution in [1.82, 2.24) is 9.47 Å². The van der Waals surface area contributed by atoms with Crippen molar-refractivity contribution < 1.29 is 28.9 Å². The molecule has 2 aliphatic rings. The summed E-state index contributed by atoms with van der Waals surface area (Å²) in [7, 11) is 3.03. The summed E-state index contributed by atoms with van der Waals surface area (Å²) in [4.78, 5) is 26.2. The monoisotopic (exact) mass is 478 g/mol. The highest BCUT2D eigenvalue weighted by Gasteiger charge is 2.45. The molecule has 2 saturated heterocycles. The number of fused-ring (bicyclic) bond motifs is 1. The Morgan fingerprint density at radius 1 is 1.17 bits per heavy atom. The Hall–Kier alpha value is -3.36. The van der Waals surface area contributed by atoms with Crippen LogP contribution in [0.5, 0.6) is 5.75 Å². The number of methoxy groups -OCH3 is 2. The second kappa shape index (κ2) is 9.02. The molecule has 0 unspecified atom stereocenters. The molecule has 0 radical (unpaired) electrons. The first-order chi connectivity index (χ1) is 16.9. The molecule has 2 aliphatic heterocycles. The third-order valence-electron chi connectivity index (χ3n) is 7.55. The Morgan fingerprint density at radius 2 is 1.91 bits per heavy atom. The highest BCUT2D eigenvalue weighted by Crippen LogP contribution is 2.47. The first kappa shape index (κ1) is 23.4. The topological polar surface area (TPSA) is 90.2 Å². The summed E-state index contributed by atoms with van der Waals surface area (Å²) in [6.45, 7) is 4.95. The number of rotatable bonds is 5. The number of ether oxygens (including phenoxy) is 3. The van der Waals surface area contributed by atoms with Crippen molar-refractivity contribution in [2.75, 3.05) is 34.0 Å². The molecular weight excluding hydrogens is 448 g/mol. The number of hydrogen-bond acceptors (Lipinski definition) is 6. The second-order valence-electron chi connectivity index (χ2n) is 9.65. The Morgan fingerprint density at radius 3 is 2.51 bits per heavy atom. The van der Waals surface area contributed by atoms with E-state index in [4.69, 9.17) is 14.2 Å². The van der Waals surface area contributed by atoms with E-state index in [1.807, 2.05) is 43.3 Å². The molecule has 35 heavy (non-hydrogen) atoms. The molecule has 0 aliphatic carbocycles. The molecule has 8 heteroatoms. The highest BCUT2D eigenvalue weighted by atomic mass is 16.5. The number of aryl methyl sites for hydroxylation is 1. The largest absolute Gasteiger partial charge is 0.496 e. The van der Waals surface area contributed by atoms with Gasteiger partial charge in [-0.1, -0.05) is 12.1 Å². The quantitative estimate of drug-likeness (QED) is 0.535. The molecule has 5 rings (SSSR count). The first-order valence-electron chi connectivity index (χ1n) is 11.8. The summed E-state index contributed by atoms with van der Waals surface area (Å²) in [5.74, 6) is 0.404. The number of nitrogens with zero attached hydrogens (tertiary/aromatic N) is 2. The van der Waals surface area contributed by atoms with Gasteiger partial charge in [0.05, 0.1) is 38.5 Å². The SMILES string of the molecule is COC(=O)c1ccc([C@H]2CC3(CCN2Cc2c(OC)cc(C)c4c2ccn4C(=O)O)COC3)cc1. The number of esters is 1. The third-order valence-corrected chi connectivity index (χ3v) is 7.55. The predicted molar refractivity (Wildman–Crippen MR) is 130 cm³/mol. The van der Waals surface area contributed by atoms with Gasteiger partial charge in [0.1, 0.15) is 5.75 Å². The van der Waals surface area contributed by atoms with Crippen molar-refractivity contribution in [3.63, 3.8) is 0 Å². The normalized spacial score (nSPS) is 19.5. The molecule has 3 heterocycles. The summed E-state index contributed by atoms with van der Waals surface area (Å²) in [6.07, 6.45) is 2.59. The molecule has 1 aromatic heterocycles. The minimum absolute atomic E-state index is 0.127. The van der Waals surface area contributed by atoms with Crippen LogP contribution >= 0.6 is 0 Å². The lowest BCUT2D eigenvalue weighted by atomic mass is 9.72. The van der Waals surface area contributed by atoms with Crippen LogP contribution in [0.25, 0.3) is 10.9 Å². The molecule has 184 valence electrons. The van der Waals surface area contributed by atoms with Crippen LogP contribution in [0.15, 0.2) is 42.6 Å². The molecule has 1 atom stereocenters. The van der Waals surface area contributed by atoms with Crippen molar-refractivity contribution in [1.29, 1.82) is 0 Å². The average molecular weight is 479 g/mol. The molecule has 3 aromatic rings. The summed E-state index contributed by atoms with van der Waals surface area (Å²) in [6, 6.07) is 11.5. The van der Waals surface area contributed by atoms with Crippen LogP contribution in [-0.4, -0.2) is 60.6 Å². The van der Waals surface area contributed by atoms with Crippen LogP contribution < -0.4 is 4.74 Å². The highest BCUT2D eigenvalue weighted by molar-refractivity contribution is 5.94. The number of likely N-dealkylation sites (tertiary alicyclic amines) is 1. The van der Waals surface area contributed by atoms with Crippen molar-refractivity contribution in [3.05, 3.63) is 64.8 Å². The molecule has 8 nitrogen and oxygen atoms in total. The van der Waals surface area contributed by atoms with Crippen molar-refractivity contribution in [2.45, 2.75) is 32.4 Å². The van der Waals surface area contributed by atoms with Gasteiger partial charge in [0.2, 0.25) is 0 Å². The minimum atomic E-state index is -1.01. The number of aromatic nitrogens is 1. The molecule has 0 saturated carbocycles. The summed E-state index contributed by atoms with van der Waals surface area (Å²) in [5, 5.41) is 10.6. The standard InChI is InChI=1S/C27H30N2O6/c1-17-12-23(33-2)21(20-8-10-29(24(17)20)26(31)32)14-28-11-9-27(15-35-16-27)13-22(28)18-4-6-19(7-5-18)25(30)34-3/h4-8,10,12,22H,9,11,13-16H2,1-3H3,(H,31,32)/t22-/m1/s1. The van der Waals surface area contributed by atoms with Crippen LogP contribution in [0.1, 0.15) is 45.9 Å². The fraction of sp³-hybridized carbons (Fsp3) is 0.407. The molecule has 1 spiro atoms. The fourth-order valence-corrected chi connectivity index (χ4v) is 5.58. The molecule has 0 bridgehead atoms. The third kappa shape index (κ3) is 4.06. The zero-order valence-corrected chi connectivity index (χ0v) is 20.2. The molecule has 1 N–H and O–H groups in total. The molecule has 2 aromatic carbocycles. The smallest absolute Gasteiger partial charge is 0.416 e. The number of benzene rings is 2. The maximum Gasteiger partial charge on any atom is 0.416 e. The van der Waals surface area contributed by atoms with Gasteiger partial charge < -0.3 is 19.3 Å².